The third-order valence-electron chi connectivity index (χ3n) is 13.4. The molecule has 15 rings (SSSR count). The second-order valence-corrected chi connectivity index (χ2v) is 19.3. The van der Waals surface area contributed by atoms with Gasteiger partial charge in [-0.25, -0.2) is 15.0 Å². The van der Waals surface area contributed by atoms with E-state index in [1.807, 2.05) is 6.07 Å². The molecule has 0 bridgehead atoms. The largest absolute Gasteiger partial charge is 0.454 e. The summed E-state index contributed by atoms with van der Waals surface area (Å²) in [6.45, 7) is 0. The van der Waals surface area contributed by atoms with E-state index in [1.54, 1.807) is 22.7 Å². The van der Waals surface area contributed by atoms with Crippen LogP contribution in [0, 0.1) is 0 Å². The number of nitrogens with zero attached hydrogens (tertiary/aromatic N) is 4. The van der Waals surface area contributed by atoms with Crippen molar-refractivity contribution in [3.05, 3.63) is 194 Å². The molecule has 0 spiro atoms. The number of hydrogen-bond acceptors (Lipinski definition) is 6. The van der Waals surface area contributed by atoms with E-state index in [2.05, 4.69) is 193 Å². The van der Waals surface area contributed by atoms with Gasteiger partial charge in [-0.05, 0) is 88.3 Å². The van der Waals surface area contributed by atoms with Crippen molar-refractivity contribution in [2.24, 2.45) is 0 Å². The third-order valence-corrected chi connectivity index (χ3v) is 15.6. The van der Waals surface area contributed by atoms with Gasteiger partial charge in [0, 0.05) is 78.6 Å². The molecule has 5 nitrogen and oxygen atoms in total. The summed E-state index contributed by atoms with van der Waals surface area (Å²) in [7, 11) is 0. The van der Waals surface area contributed by atoms with Crippen LogP contribution in [-0.4, -0.2) is 19.5 Å². The lowest BCUT2D eigenvalue weighted by Crippen LogP contribution is -2.01. The van der Waals surface area contributed by atoms with E-state index in [9.17, 15) is 0 Å². The predicted molar refractivity (Wildman–Crippen MR) is 279 cm³/mol. The van der Waals surface area contributed by atoms with Crippen LogP contribution in [0.25, 0.3) is 145 Å². The van der Waals surface area contributed by atoms with Gasteiger partial charge >= 0.3 is 0 Å². The van der Waals surface area contributed by atoms with Gasteiger partial charge in [-0.1, -0.05) is 127 Å². The Morgan fingerprint density at radius 1 is 0.333 bits per heavy atom. The molecule has 5 heterocycles. The zero-order chi connectivity index (χ0) is 43.0. The summed E-state index contributed by atoms with van der Waals surface area (Å²) >= 11 is 3.60. The lowest BCUT2D eigenvalue weighted by molar-refractivity contribution is 0.666. The molecule has 0 saturated carbocycles. The highest BCUT2D eigenvalue weighted by atomic mass is 32.1. The number of para-hydroxylation sites is 1. The highest BCUT2D eigenvalue weighted by Gasteiger charge is 2.23. The van der Waals surface area contributed by atoms with Crippen molar-refractivity contribution >= 4 is 128 Å². The molecule has 0 fully saturated rings. The van der Waals surface area contributed by atoms with Gasteiger partial charge in [-0.3, -0.25) is 0 Å². The molecule has 0 atom stereocenters. The van der Waals surface area contributed by atoms with E-state index in [4.69, 9.17) is 19.4 Å². The minimum atomic E-state index is 0.591. The molecule has 0 amide bonds. The van der Waals surface area contributed by atoms with Crippen molar-refractivity contribution in [3.8, 4) is 39.9 Å². The van der Waals surface area contributed by atoms with Crippen LogP contribution in [0.2, 0.25) is 0 Å². The maximum absolute atomic E-state index is 6.92. The zero-order valence-electron chi connectivity index (χ0n) is 35.0. The molecular weight excluding hydrogens is 845 g/mol. The fourth-order valence-corrected chi connectivity index (χ4v) is 12.5. The van der Waals surface area contributed by atoms with Gasteiger partial charge in [-0.15, -0.1) is 22.7 Å². The maximum atomic E-state index is 6.92. The van der Waals surface area contributed by atoms with Crippen LogP contribution >= 0.6 is 22.7 Å². The monoisotopic (exact) mass is 876 g/mol. The van der Waals surface area contributed by atoms with Gasteiger partial charge in [0.1, 0.15) is 5.58 Å². The van der Waals surface area contributed by atoms with Crippen molar-refractivity contribution < 1.29 is 4.42 Å². The third kappa shape index (κ3) is 5.35. The number of hydrogen-bond donors (Lipinski definition) is 0. The number of fused-ring (bicyclic) bond motifs is 14. The van der Waals surface area contributed by atoms with Crippen molar-refractivity contribution in [2.45, 2.75) is 0 Å². The topological polar surface area (TPSA) is 56.7 Å². The van der Waals surface area contributed by atoms with E-state index in [1.165, 1.54) is 72.7 Å². The van der Waals surface area contributed by atoms with Gasteiger partial charge in [-0.2, -0.15) is 0 Å². The van der Waals surface area contributed by atoms with Crippen LogP contribution in [0.1, 0.15) is 0 Å². The molecule has 0 radical (unpaired) electrons. The molecular formula is C59H32N4OS2. The van der Waals surface area contributed by atoms with Gasteiger partial charge < -0.3 is 8.98 Å². The molecule has 15 aromatic rings. The van der Waals surface area contributed by atoms with Crippen LogP contribution in [0.3, 0.4) is 0 Å². The van der Waals surface area contributed by atoms with Crippen LogP contribution in [0.5, 0.6) is 0 Å². The Balaban J connectivity index is 1.03. The fourth-order valence-electron chi connectivity index (χ4n) is 10.2. The molecule has 0 unspecified atom stereocenters. The first-order chi connectivity index (χ1) is 32.6. The Hall–Kier alpha value is -8.23. The highest BCUT2D eigenvalue weighted by molar-refractivity contribution is 7.26. The number of rotatable bonds is 4. The Kier molecular flexibility index (Phi) is 7.47. The van der Waals surface area contributed by atoms with Crippen LogP contribution in [-0.2, 0) is 0 Å². The van der Waals surface area contributed by atoms with Gasteiger partial charge in [0.15, 0.2) is 23.1 Å². The number of aromatic nitrogens is 4. The Morgan fingerprint density at radius 3 is 1.35 bits per heavy atom. The summed E-state index contributed by atoms with van der Waals surface area (Å²) < 4.78 is 14.2. The van der Waals surface area contributed by atoms with E-state index in [-0.39, 0.29) is 0 Å². The molecule has 5 aromatic heterocycles. The van der Waals surface area contributed by atoms with Crippen molar-refractivity contribution in [1.29, 1.82) is 0 Å². The lowest BCUT2D eigenvalue weighted by atomic mass is 10.0. The summed E-state index contributed by atoms with van der Waals surface area (Å²) in [5.74, 6) is 1.84. The Morgan fingerprint density at radius 2 is 0.788 bits per heavy atom. The first-order valence-electron chi connectivity index (χ1n) is 22.1. The smallest absolute Gasteiger partial charge is 0.164 e. The second kappa shape index (κ2) is 13.6. The summed E-state index contributed by atoms with van der Waals surface area (Å²) in [6.07, 6.45) is 0. The standard InChI is InChI=1S/C59H32N4OS2/c1-3-13-35-28-48-45(25-33(35)11-1)46-26-34-12-2-4-14-36(34)29-49(46)63(48)50-30-39(27-47-40-15-5-8-18-51(40)64-56(47)50)59-61-57(37-21-23-43-41-16-6-9-19-52(41)65-54(43)31-37)60-58(62-59)38-22-24-44-42-17-7-10-20-53(42)66-55(44)32-38/h1-32H. The first-order valence-corrected chi connectivity index (χ1v) is 23.7. The highest BCUT2D eigenvalue weighted by Crippen LogP contribution is 2.44. The normalized spacial score (nSPS) is 12.2. The van der Waals surface area contributed by atoms with Crippen molar-refractivity contribution in [1.82, 2.24) is 19.5 Å². The fraction of sp³-hybridized carbons (Fsp3) is 0. The molecule has 0 aliphatic carbocycles. The minimum absolute atomic E-state index is 0.591. The molecule has 306 valence electrons. The molecule has 0 aliphatic rings. The number of furan rings is 1. The summed E-state index contributed by atoms with van der Waals surface area (Å²) in [5.41, 5.74) is 7.51. The Bertz CT molecular complexity index is 4330. The number of thiophene rings is 2. The lowest BCUT2D eigenvalue weighted by Gasteiger charge is -2.13. The molecule has 0 saturated heterocycles. The molecule has 66 heavy (non-hydrogen) atoms. The van der Waals surface area contributed by atoms with Crippen LogP contribution < -0.4 is 0 Å². The molecule has 0 N–H and O–H groups in total. The Labute approximate surface area is 384 Å². The average Bonchev–Trinajstić information content (AvgIpc) is 4.13. The first kappa shape index (κ1) is 36.1. The predicted octanol–water partition coefficient (Wildman–Crippen LogP) is 16.9. The van der Waals surface area contributed by atoms with Crippen LogP contribution in [0.4, 0.5) is 0 Å². The quantitative estimate of drug-likeness (QED) is 0.177. The summed E-state index contributed by atoms with van der Waals surface area (Å²) in [5, 5.41) is 14.1. The SMILES string of the molecule is c1ccc2cc3c(cc2c1)c1cc2ccccc2cc1n3-c1cc(-c2nc(-c3ccc4c(c3)sc3ccccc34)nc(-c3ccc4c(c3)sc3ccccc34)n2)cc2c1oc1ccccc12. The molecule has 0 aliphatic heterocycles. The van der Waals surface area contributed by atoms with Gasteiger partial charge in [0.25, 0.3) is 0 Å². The summed E-state index contributed by atoms with van der Waals surface area (Å²) in [6, 6.07) is 69.7. The van der Waals surface area contributed by atoms with Gasteiger partial charge in [0.2, 0.25) is 0 Å². The maximum Gasteiger partial charge on any atom is 0.164 e. The van der Waals surface area contributed by atoms with Crippen molar-refractivity contribution in [3.63, 3.8) is 0 Å². The van der Waals surface area contributed by atoms with E-state index in [0.29, 0.717) is 17.5 Å². The summed E-state index contributed by atoms with van der Waals surface area (Å²) in [4.78, 5) is 16.1. The van der Waals surface area contributed by atoms with E-state index < -0.39 is 0 Å². The minimum Gasteiger partial charge on any atom is -0.454 e. The average molecular weight is 877 g/mol. The van der Waals surface area contributed by atoms with E-state index in [0.717, 1.165) is 55.3 Å². The van der Waals surface area contributed by atoms with E-state index >= 15 is 0 Å². The van der Waals surface area contributed by atoms with Crippen molar-refractivity contribution in [2.75, 3.05) is 0 Å². The molecule has 10 aromatic carbocycles. The number of benzene rings is 10. The van der Waals surface area contributed by atoms with Gasteiger partial charge in [0.05, 0.1) is 16.7 Å². The van der Waals surface area contributed by atoms with Crippen LogP contribution in [0.15, 0.2) is 199 Å². The zero-order valence-corrected chi connectivity index (χ0v) is 36.6. The molecule has 7 heteroatoms. The second-order valence-electron chi connectivity index (χ2n) is 17.2.